The molecule has 0 N–H and O–H groups in total. The molecule has 0 aliphatic rings. The Hall–Kier alpha value is 0.01000. The topological polar surface area (TPSA) is 0 Å². The van der Waals surface area contributed by atoms with Crippen LogP contribution in [-0.2, 0) is 0 Å². The summed E-state index contributed by atoms with van der Waals surface area (Å²) in [5, 5.41) is 0. The predicted molar refractivity (Wildman–Crippen MR) is 77.0 cm³/mol. The highest BCUT2D eigenvalue weighted by atomic mass is 32.2. The van der Waals surface area contributed by atoms with Crippen molar-refractivity contribution >= 4 is 39.3 Å². The lowest BCUT2D eigenvalue weighted by atomic mass is 10.2. The summed E-state index contributed by atoms with van der Waals surface area (Å²) >= 11 is 8.78. The van der Waals surface area contributed by atoms with Gasteiger partial charge in [-0.25, -0.2) is 0 Å². The minimum atomic E-state index is 0.202. The van der Waals surface area contributed by atoms with Gasteiger partial charge in [-0.3, -0.25) is 0 Å². The van der Waals surface area contributed by atoms with Crippen LogP contribution in [0, 0.1) is 6.92 Å². The number of hydrogen-bond acceptors (Lipinski definition) is 3. The molecule has 0 radical (unpaired) electrons. The summed E-state index contributed by atoms with van der Waals surface area (Å²) in [6.45, 7) is 8.65. The monoisotopic (exact) mass is 256 g/mol. The van der Waals surface area contributed by atoms with Crippen LogP contribution in [0.5, 0.6) is 0 Å². The first-order chi connectivity index (χ1) is 6.87. The highest BCUT2D eigenvalue weighted by molar-refractivity contribution is 8.47. The first-order valence-corrected chi connectivity index (χ1v) is 6.88. The minimum absolute atomic E-state index is 0.202. The third kappa shape index (κ3) is 5.59. The maximum atomic E-state index is 5.35. The number of thiocarbonyl (C=S) groups is 1. The molecule has 0 atom stereocenters. The van der Waals surface area contributed by atoms with Gasteiger partial charge in [0.05, 0.1) is 0 Å². The third-order valence-electron chi connectivity index (χ3n) is 1.58. The first kappa shape index (κ1) is 13.1. The van der Waals surface area contributed by atoms with Crippen molar-refractivity contribution in [2.75, 3.05) is 0 Å². The Morgan fingerprint density at radius 1 is 1.27 bits per heavy atom. The summed E-state index contributed by atoms with van der Waals surface area (Å²) in [6.07, 6.45) is 0. The maximum Gasteiger partial charge on any atom is 0.109 e. The van der Waals surface area contributed by atoms with Crippen LogP contribution in [0.4, 0.5) is 0 Å². The zero-order chi connectivity index (χ0) is 11.5. The van der Waals surface area contributed by atoms with E-state index in [1.165, 1.54) is 10.5 Å². The number of aryl methyl sites for hydroxylation is 1. The first-order valence-electron chi connectivity index (χ1n) is 4.84. The van der Waals surface area contributed by atoms with Gasteiger partial charge >= 0.3 is 0 Å². The highest BCUT2D eigenvalue weighted by Gasteiger charge is 2.14. The standard InChI is InChI=1S/C12H16S3/c1-9-6-5-7-10(8-9)14-11(13)15-12(2,3)4/h5-8H,1-4H3. The fourth-order valence-corrected chi connectivity index (χ4v) is 4.37. The molecule has 82 valence electrons. The molecule has 0 heterocycles. The van der Waals surface area contributed by atoms with E-state index in [9.17, 15) is 0 Å². The van der Waals surface area contributed by atoms with Crippen LogP contribution in [0.1, 0.15) is 26.3 Å². The number of benzene rings is 1. The molecule has 0 bridgehead atoms. The molecule has 0 aliphatic heterocycles. The van der Waals surface area contributed by atoms with Gasteiger partial charge in [-0.05, 0) is 19.1 Å². The Morgan fingerprint density at radius 2 is 1.93 bits per heavy atom. The molecule has 15 heavy (non-hydrogen) atoms. The van der Waals surface area contributed by atoms with Gasteiger partial charge in [0.1, 0.15) is 3.53 Å². The van der Waals surface area contributed by atoms with E-state index in [0.29, 0.717) is 0 Å². The van der Waals surface area contributed by atoms with E-state index in [2.05, 4.69) is 52.0 Å². The molecule has 1 aromatic rings. The van der Waals surface area contributed by atoms with Crippen molar-refractivity contribution in [3.63, 3.8) is 0 Å². The molecule has 0 unspecified atom stereocenters. The van der Waals surface area contributed by atoms with E-state index in [0.717, 1.165) is 3.53 Å². The van der Waals surface area contributed by atoms with E-state index < -0.39 is 0 Å². The van der Waals surface area contributed by atoms with E-state index in [-0.39, 0.29) is 4.75 Å². The largest absolute Gasteiger partial charge is 0.109 e. The van der Waals surface area contributed by atoms with Crippen molar-refractivity contribution in [3.8, 4) is 0 Å². The lowest BCUT2D eigenvalue weighted by molar-refractivity contribution is 0.809. The van der Waals surface area contributed by atoms with Crippen LogP contribution >= 0.6 is 35.7 Å². The Labute approximate surface area is 106 Å². The van der Waals surface area contributed by atoms with Gasteiger partial charge in [0, 0.05) is 9.64 Å². The van der Waals surface area contributed by atoms with Crippen LogP contribution in [0.2, 0.25) is 0 Å². The molecule has 0 aliphatic carbocycles. The van der Waals surface area contributed by atoms with Crippen LogP contribution < -0.4 is 0 Å². The summed E-state index contributed by atoms with van der Waals surface area (Å²) in [4.78, 5) is 1.23. The molecule has 0 fully saturated rings. The van der Waals surface area contributed by atoms with Crippen molar-refractivity contribution in [2.45, 2.75) is 37.3 Å². The van der Waals surface area contributed by atoms with Gasteiger partial charge in [-0.15, -0.1) is 11.8 Å². The van der Waals surface area contributed by atoms with Gasteiger partial charge in [0.2, 0.25) is 0 Å². The molecule has 3 heteroatoms. The zero-order valence-electron chi connectivity index (χ0n) is 9.53. The second kappa shape index (κ2) is 5.37. The van der Waals surface area contributed by atoms with E-state index in [1.807, 2.05) is 0 Å². The molecule has 1 rings (SSSR count). The second-order valence-electron chi connectivity index (χ2n) is 4.38. The summed E-state index contributed by atoms with van der Waals surface area (Å²) in [7, 11) is 0. The third-order valence-corrected chi connectivity index (χ3v) is 4.02. The smallest absolute Gasteiger partial charge is 0.101 e. The number of rotatable bonds is 1. The molecule has 0 aromatic heterocycles. The molecule has 0 amide bonds. The minimum Gasteiger partial charge on any atom is -0.101 e. The van der Waals surface area contributed by atoms with Crippen LogP contribution in [0.25, 0.3) is 0 Å². The summed E-state index contributed by atoms with van der Waals surface area (Å²) in [5.41, 5.74) is 1.28. The van der Waals surface area contributed by atoms with Gasteiger partial charge in [-0.2, -0.15) is 0 Å². The van der Waals surface area contributed by atoms with Gasteiger partial charge in [-0.1, -0.05) is 62.4 Å². The van der Waals surface area contributed by atoms with Crippen molar-refractivity contribution < 1.29 is 0 Å². The molecule has 1 aromatic carbocycles. The number of hydrogen-bond donors (Lipinski definition) is 0. The quantitative estimate of drug-likeness (QED) is 0.518. The fraction of sp³-hybridized carbons (Fsp3) is 0.417. The Bertz CT molecular complexity index is 350. The Balaban J connectivity index is 2.59. The van der Waals surface area contributed by atoms with Crippen molar-refractivity contribution in [3.05, 3.63) is 29.8 Å². The van der Waals surface area contributed by atoms with Gasteiger partial charge < -0.3 is 0 Å². The molecule has 0 nitrogen and oxygen atoms in total. The summed E-state index contributed by atoms with van der Waals surface area (Å²) in [5.74, 6) is 0. The molecule has 0 saturated heterocycles. The average Bonchev–Trinajstić information content (AvgIpc) is 1.99. The van der Waals surface area contributed by atoms with E-state index in [1.54, 1.807) is 23.5 Å². The molecule has 0 spiro atoms. The van der Waals surface area contributed by atoms with Gasteiger partial charge in [0.25, 0.3) is 0 Å². The van der Waals surface area contributed by atoms with Crippen LogP contribution in [0.3, 0.4) is 0 Å². The normalized spacial score (nSPS) is 11.5. The van der Waals surface area contributed by atoms with Crippen LogP contribution in [0.15, 0.2) is 29.2 Å². The van der Waals surface area contributed by atoms with Crippen molar-refractivity contribution in [1.82, 2.24) is 0 Å². The van der Waals surface area contributed by atoms with E-state index in [4.69, 9.17) is 12.2 Å². The average molecular weight is 256 g/mol. The van der Waals surface area contributed by atoms with Crippen molar-refractivity contribution in [2.24, 2.45) is 0 Å². The molecule has 0 saturated carbocycles. The summed E-state index contributed by atoms with van der Waals surface area (Å²) in [6, 6.07) is 8.44. The maximum absolute atomic E-state index is 5.35. The molecular weight excluding hydrogens is 240 g/mol. The SMILES string of the molecule is Cc1cccc(SC(=S)SC(C)(C)C)c1. The van der Waals surface area contributed by atoms with Crippen LogP contribution in [-0.4, -0.2) is 8.28 Å². The number of thioether (sulfide) groups is 2. The summed E-state index contributed by atoms with van der Waals surface area (Å²) < 4.78 is 1.20. The van der Waals surface area contributed by atoms with E-state index >= 15 is 0 Å². The Morgan fingerprint density at radius 3 is 2.47 bits per heavy atom. The lowest BCUT2D eigenvalue weighted by Crippen LogP contribution is -2.09. The molecular formula is C12H16S3. The second-order valence-corrected chi connectivity index (χ2v) is 8.49. The fourth-order valence-electron chi connectivity index (χ4n) is 1.05. The Kier molecular flexibility index (Phi) is 4.68. The highest BCUT2D eigenvalue weighted by Crippen LogP contribution is 2.33. The predicted octanol–water partition coefficient (Wildman–Crippen LogP) is 4.90. The van der Waals surface area contributed by atoms with Gasteiger partial charge in [0.15, 0.2) is 0 Å². The lowest BCUT2D eigenvalue weighted by Gasteiger charge is -2.17. The van der Waals surface area contributed by atoms with Crippen molar-refractivity contribution in [1.29, 1.82) is 0 Å². The zero-order valence-corrected chi connectivity index (χ0v) is 12.0.